The molecule has 2 aromatic heterocycles. The van der Waals surface area contributed by atoms with E-state index in [2.05, 4.69) is 34.5 Å². The van der Waals surface area contributed by atoms with Gasteiger partial charge in [0.15, 0.2) is 0 Å². The lowest BCUT2D eigenvalue weighted by molar-refractivity contribution is 0.193. The molecule has 1 aliphatic carbocycles. The highest BCUT2D eigenvalue weighted by Crippen LogP contribution is 2.40. The van der Waals surface area contributed by atoms with Crippen LogP contribution in [0, 0.1) is 0 Å². The molecule has 1 unspecified atom stereocenters. The molecule has 2 aromatic rings. The standard InChI is InChI=1S/C19H27N3O2S/c1-14(21-19(23)20-10-7-13-24-2)17-15-8-3-4-9-16(15)25-18(17)22-11-5-6-12-22/h5-6,11-12,14H,3-4,7-10,13H2,1-2H3,(H2,20,21,23). The topological polar surface area (TPSA) is 55.3 Å². The molecule has 0 radical (unpaired) electrons. The lowest BCUT2D eigenvalue weighted by Gasteiger charge is -2.20. The summed E-state index contributed by atoms with van der Waals surface area (Å²) in [5, 5.41) is 7.27. The number of ether oxygens (including phenoxy) is 1. The van der Waals surface area contributed by atoms with E-state index in [1.54, 1.807) is 7.11 Å². The first-order chi connectivity index (χ1) is 12.2. The van der Waals surface area contributed by atoms with Crippen LogP contribution in [0.15, 0.2) is 24.5 Å². The van der Waals surface area contributed by atoms with Crippen LogP contribution in [-0.4, -0.2) is 30.9 Å². The summed E-state index contributed by atoms with van der Waals surface area (Å²) in [6.45, 7) is 3.36. The van der Waals surface area contributed by atoms with Gasteiger partial charge in [-0.2, -0.15) is 0 Å². The fraction of sp³-hybridized carbons (Fsp3) is 0.526. The molecule has 0 bridgehead atoms. The van der Waals surface area contributed by atoms with Crippen LogP contribution in [0.4, 0.5) is 4.79 Å². The molecule has 0 aliphatic heterocycles. The van der Waals surface area contributed by atoms with Crippen molar-refractivity contribution in [3.05, 3.63) is 40.5 Å². The van der Waals surface area contributed by atoms with Gasteiger partial charge in [0, 0.05) is 43.1 Å². The fourth-order valence-corrected chi connectivity index (χ4v) is 4.87. The minimum Gasteiger partial charge on any atom is -0.385 e. The molecule has 0 spiro atoms. The summed E-state index contributed by atoms with van der Waals surface area (Å²) in [7, 11) is 1.67. The predicted octanol–water partition coefficient (Wildman–Crippen LogP) is 3.81. The lowest BCUT2D eigenvalue weighted by atomic mass is 9.93. The zero-order valence-corrected chi connectivity index (χ0v) is 15.8. The molecule has 0 fully saturated rings. The molecule has 6 heteroatoms. The number of carbonyl (C=O) groups excluding carboxylic acids is 1. The first kappa shape index (κ1) is 18.0. The van der Waals surface area contributed by atoms with Crippen molar-refractivity contribution in [3.8, 4) is 5.00 Å². The number of amides is 2. The van der Waals surface area contributed by atoms with Gasteiger partial charge in [-0.15, -0.1) is 11.3 Å². The molecule has 136 valence electrons. The maximum Gasteiger partial charge on any atom is 0.315 e. The number of rotatable bonds is 7. The fourth-order valence-electron chi connectivity index (χ4n) is 3.42. The second kappa shape index (κ2) is 8.54. The number of nitrogens with zero attached hydrogens (tertiary/aromatic N) is 1. The molecule has 0 aromatic carbocycles. The largest absolute Gasteiger partial charge is 0.385 e. The van der Waals surface area contributed by atoms with Gasteiger partial charge in [0.05, 0.1) is 6.04 Å². The molecule has 25 heavy (non-hydrogen) atoms. The third-order valence-corrected chi connectivity index (χ3v) is 5.94. The maximum atomic E-state index is 12.2. The van der Waals surface area contributed by atoms with E-state index in [1.165, 1.54) is 33.8 Å². The lowest BCUT2D eigenvalue weighted by Crippen LogP contribution is -2.38. The van der Waals surface area contributed by atoms with E-state index in [9.17, 15) is 4.79 Å². The highest BCUT2D eigenvalue weighted by atomic mass is 32.1. The van der Waals surface area contributed by atoms with Gasteiger partial charge in [0.25, 0.3) is 0 Å². The van der Waals surface area contributed by atoms with Gasteiger partial charge in [-0.1, -0.05) is 0 Å². The summed E-state index contributed by atoms with van der Waals surface area (Å²) >= 11 is 1.87. The van der Waals surface area contributed by atoms with Crippen LogP contribution in [0.2, 0.25) is 0 Å². The number of carbonyl (C=O) groups is 1. The van der Waals surface area contributed by atoms with Crippen LogP contribution < -0.4 is 10.6 Å². The van der Waals surface area contributed by atoms with E-state index in [0.717, 1.165) is 19.3 Å². The second-order valence-electron chi connectivity index (χ2n) is 6.49. The summed E-state index contributed by atoms with van der Waals surface area (Å²) in [6.07, 6.45) is 9.75. The molecule has 1 atom stereocenters. The van der Waals surface area contributed by atoms with Crippen LogP contribution in [0.5, 0.6) is 0 Å². The van der Waals surface area contributed by atoms with Crippen molar-refractivity contribution >= 4 is 17.4 Å². The van der Waals surface area contributed by atoms with Crippen molar-refractivity contribution in [2.24, 2.45) is 0 Å². The number of urea groups is 1. The number of aromatic nitrogens is 1. The van der Waals surface area contributed by atoms with E-state index in [4.69, 9.17) is 4.74 Å². The van der Waals surface area contributed by atoms with E-state index < -0.39 is 0 Å². The van der Waals surface area contributed by atoms with Gasteiger partial charge >= 0.3 is 6.03 Å². The number of thiophene rings is 1. The van der Waals surface area contributed by atoms with E-state index in [1.807, 2.05) is 23.5 Å². The smallest absolute Gasteiger partial charge is 0.315 e. The average Bonchev–Trinajstić information content (AvgIpc) is 3.25. The number of nitrogens with one attached hydrogen (secondary N) is 2. The van der Waals surface area contributed by atoms with E-state index >= 15 is 0 Å². The molecular formula is C19H27N3O2S. The first-order valence-corrected chi connectivity index (χ1v) is 9.83. The zero-order chi connectivity index (χ0) is 17.6. The molecular weight excluding hydrogens is 334 g/mol. The number of hydrogen-bond donors (Lipinski definition) is 2. The molecule has 5 nitrogen and oxygen atoms in total. The highest BCUT2D eigenvalue weighted by molar-refractivity contribution is 7.15. The number of aryl methyl sites for hydroxylation is 1. The van der Waals surface area contributed by atoms with Crippen LogP contribution in [0.25, 0.3) is 5.00 Å². The Morgan fingerprint density at radius 3 is 2.84 bits per heavy atom. The number of hydrogen-bond acceptors (Lipinski definition) is 3. The Morgan fingerprint density at radius 2 is 2.08 bits per heavy atom. The Kier molecular flexibility index (Phi) is 6.15. The van der Waals surface area contributed by atoms with E-state index in [0.29, 0.717) is 13.2 Å². The Morgan fingerprint density at radius 1 is 1.32 bits per heavy atom. The molecule has 0 saturated carbocycles. The van der Waals surface area contributed by atoms with Crippen LogP contribution in [0.3, 0.4) is 0 Å². The van der Waals surface area contributed by atoms with Gasteiger partial charge in [-0.05, 0) is 56.7 Å². The Balaban J connectivity index is 1.76. The van der Waals surface area contributed by atoms with Gasteiger partial charge in [-0.25, -0.2) is 4.79 Å². The molecule has 2 amide bonds. The van der Waals surface area contributed by atoms with Gasteiger partial charge in [0.1, 0.15) is 5.00 Å². The van der Waals surface area contributed by atoms with E-state index in [-0.39, 0.29) is 12.1 Å². The van der Waals surface area contributed by atoms with Crippen molar-refractivity contribution < 1.29 is 9.53 Å². The predicted molar refractivity (Wildman–Crippen MR) is 102 cm³/mol. The Bertz CT molecular complexity index is 694. The molecule has 2 heterocycles. The Labute approximate surface area is 153 Å². The molecule has 1 aliphatic rings. The quantitative estimate of drug-likeness (QED) is 0.737. The van der Waals surface area contributed by atoms with Crippen molar-refractivity contribution in [2.45, 2.75) is 45.1 Å². The van der Waals surface area contributed by atoms with Crippen molar-refractivity contribution in [3.63, 3.8) is 0 Å². The van der Waals surface area contributed by atoms with Crippen molar-refractivity contribution in [2.75, 3.05) is 20.3 Å². The second-order valence-corrected chi connectivity index (χ2v) is 7.57. The first-order valence-electron chi connectivity index (χ1n) is 9.01. The maximum absolute atomic E-state index is 12.2. The SMILES string of the molecule is COCCCNC(=O)NC(C)c1c(-n2cccc2)sc2c1CCCC2. The summed E-state index contributed by atoms with van der Waals surface area (Å²) in [4.78, 5) is 13.7. The minimum absolute atomic E-state index is 0.0158. The van der Waals surface area contributed by atoms with Crippen molar-refractivity contribution in [1.82, 2.24) is 15.2 Å². The van der Waals surface area contributed by atoms with Gasteiger partial charge in [0.2, 0.25) is 0 Å². The number of fused-ring (bicyclic) bond motifs is 1. The average molecular weight is 362 g/mol. The molecule has 2 N–H and O–H groups in total. The monoisotopic (exact) mass is 361 g/mol. The van der Waals surface area contributed by atoms with Crippen LogP contribution >= 0.6 is 11.3 Å². The van der Waals surface area contributed by atoms with Gasteiger partial charge in [-0.3, -0.25) is 0 Å². The van der Waals surface area contributed by atoms with Crippen LogP contribution in [0.1, 0.15) is 48.2 Å². The summed E-state index contributed by atoms with van der Waals surface area (Å²) < 4.78 is 7.18. The van der Waals surface area contributed by atoms with Crippen LogP contribution in [-0.2, 0) is 17.6 Å². The van der Waals surface area contributed by atoms with Crippen molar-refractivity contribution in [1.29, 1.82) is 0 Å². The molecule has 3 rings (SSSR count). The Hall–Kier alpha value is -1.79. The zero-order valence-electron chi connectivity index (χ0n) is 15.0. The summed E-state index contributed by atoms with van der Waals surface area (Å²) in [5.74, 6) is 0. The highest BCUT2D eigenvalue weighted by Gasteiger charge is 2.25. The number of methoxy groups -OCH3 is 1. The summed E-state index contributed by atoms with van der Waals surface area (Å²) in [6, 6.07) is 3.96. The van der Waals surface area contributed by atoms with Gasteiger partial charge < -0.3 is 19.9 Å². The third kappa shape index (κ3) is 4.25. The minimum atomic E-state index is -0.113. The molecule has 0 saturated heterocycles. The third-order valence-electron chi connectivity index (χ3n) is 4.62. The summed E-state index contributed by atoms with van der Waals surface area (Å²) in [5.41, 5.74) is 2.73. The normalized spacial score (nSPS) is 14.8.